The van der Waals surface area contributed by atoms with Gasteiger partial charge in [0.05, 0.1) is 5.75 Å². The molecule has 0 unspecified atom stereocenters. The molecule has 9 heteroatoms. The second kappa shape index (κ2) is 7.86. The summed E-state index contributed by atoms with van der Waals surface area (Å²) in [5.74, 6) is 1.60. The average Bonchev–Trinajstić information content (AvgIpc) is 3.30. The fourth-order valence-corrected chi connectivity index (χ4v) is 3.94. The van der Waals surface area contributed by atoms with Crippen molar-refractivity contribution in [3.63, 3.8) is 0 Å². The molecule has 130 valence electrons. The van der Waals surface area contributed by atoms with Crippen LogP contribution >= 0.6 is 34.7 Å². The van der Waals surface area contributed by atoms with Crippen molar-refractivity contribution in [3.05, 3.63) is 65.5 Å². The van der Waals surface area contributed by atoms with E-state index in [1.807, 2.05) is 54.6 Å². The summed E-state index contributed by atoms with van der Waals surface area (Å²) in [6.07, 6.45) is 0. The van der Waals surface area contributed by atoms with E-state index in [2.05, 4.69) is 25.7 Å². The summed E-state index contributed by atoms with van der Waals surface area (Å²) in [6.45, 7) is 0. The minimum absolute atomic E-state index is 0.516. The van der Waals surface area contributed by atoms with Crippen molar-refractivity contribution in [2.24, 2.45) is 0 Å². The molecule has 0 atom stereocenters. The molecule has 2 aromatic carbocycles. The van der Waals surface area contributed by atoms with Crippen LogP contribution in [0.4, 0.5) is 10.8 Å². The predicted octanol–water partition coefficient (Wildman–Crippen LogP) is 5.28. The highest BCUT2D eigenvalue weighted by atomic mass is 35.5. The number of thioether (sulfide) groups is 1. The van der Waals surface area contributed by atoms with Crippen molar-refractivity contribution in [3.8, 4) is 11.5 Å². The molecule has 0 spiro atoms. The molecule has 0 radical (unpaired) electrons. The zero-order valence-corrected chi connectivity index (χ0v) is 15.7. The molecule has 4 rings (SSSR count). The molecule has 4 aromatic rings. The van der Waals surface area contributed by atoms with E-state index in [0.717, 1.165) is 15.6 Å². The Kier molecular flexibility index (Phi) is 5.14. The van der Waals surface area contributed by atoms with Crippen LogP contribution in [0.25, 0.3) is 11.5 Å². The molecular weight excluding hydrogens is 390 g/mol. The second-order valence-electron chi connectivity index (χ2n) is 5.16. The van der Waals surface area contributed by atoms with E-state index in [4.69, 9.17) is 16.0 Å². The fraction of sp³-hybridized carbons (Fsp3) is 0.0588. The standard InChI is InChI=1S/C17H12ClN5OS2/c18-12-7-4-8-13(9-12)19-16-22-23-17(26-16)25-10-14-20-21-15(24-14)11-5-2-1-3-6-11/h1-9H,10H2,(H,19,22). The van der Waals surface area contributed by atoms with Crippen LogP contribution in [-0.2, 0) is 5.75 Å². The fourth-order valence-electron chi connectivity index (χ4n) is 2.14. The van der Waals surface area contributed by atoms with Crippen molar-refractivity contribution in [2.75, 3.05) is 5.32 Å². The van der Waals surface area contributed by atoms with Gasteiger partial charge in [-0.1, -0.05) is 59.0 Å². The average molecular weight is 402 g/mol. The van der Waals surface area contributed by atoms with Gasteiger partial charge in [0.2, 0.25) is 16.9 Å². The zero-order valence-electron chi connectivity index (χ0n) is 13.3. The molecular formula is C17H12ClN5OS2. The Morgan fingerprint density at radius 3 is 2.73 bits per heavy atom. The monoisotopic (exact) mass is 401 g/mol. The van der Waals surface area contributed by atoms with Gasteiger partial charge in [0, 0.05) is 16.3 Å². The number of anilines is 2. The van der Waals surface area contributed by atoms with E-state index in [9.17, 15) is 0 Å². The minimum atomic E-state index is 0.516. The van der Waals surface area contributed by atoms with Gasteiger partial charge in [-0.3, -0.25) is 0 Å². The van der Waals surface area contributed by atoms with Crippen molar-refractivity contribution < 1.29 is 4.42 Å². The normalized spacial score (nSPS) is 10.8. The highest BCUT2D eigenvalue weighted by Gasteiger charge is 2.11. The van der Waals surface area contributed by atoms with Gasteiger partial charge in [-0.25, -0.2) is 0 Å². The molecule has 0 fully saturated rings. The lowest BCUT2D eigenvalue weighted by atomic mass is 10.2. The summed E-state index contributed by atoms with van der Waals surface area (Å²) in [4.78, 5) is 0. The van der Waals surface area contributed by atoms with Gasteiger partial charge < -0.3 is 9.73 Å². The van der Waals surface area contributed by atoms with E-state index in [1.165, 1.54) is 23.1 Å². The Bertz CT molecular complexity index is 1010. The van der Waals surface area contributed by atoms with Gasteiger partial charge in [-0.15, -0.1) is 20.4 Å². The lowest BCUT2D eigenvalue weighted by molar-refractivity contribution is 0.528. The molecule has 1 N–H and O–H groups in total. The molecule has 2 aromatic heterocycles. The number of nitrogens with one attached hydrogen (secondary N) is 1. The molecule has 0 saturated heterocycles. The molecule has 0 aliphatic carbocycles. The SMILES string of the molecule is Clc1cccc(Nc2nnc(SCc3nnc(-c4ccccc4)o3)s2)c1. The number of hydrogen-bond donors (Lipinski definition) is 1. The Morgan fingerprint density at radius 2 is 1.88 bits per heavy atom. The minimum Gasteiger partial charge on any atom is -0.420 e. The molecule has 26 heavy (non-hydrogen) atoms. The molecule has 2 heterocycles. The quantitative estimate of drug-likeness (QED) is 0.440. The maximum Gasteiger partial charge on any atom is 0.247 e. The van der Waals surface area contributed by atoms with E-state index >= 15 is 0 Å². The Hall–Kier alpha value is -2.42. The Labute approximate surface area is 162 Å². The van der Waals surface area contributed by atoms with Gasteiger partial charge in [-0.2, -0.15) is 0 Å². The number of nitrogens with zero attached hydrogens (tertiary/aromatic N) is 4. The number of rotatable bonds is 6. The van der Waals surface area contributed by atoms with Crippen molar-refractivity contribution >= 4 is 45.5 Å². The lowest BCUT2D eigenvalue weighted by Gasteiger charge is -2.00. The van der Waals surface area contributed by atoms with Crippen LogP contribution < -0.4 is 5.32 Å². The van der Waals surface area contributed by atoms with Gasteiger partial charge in [-0.05, 0) is 30.3 Å². The molecule has 0 bridgehead atoms. The molecule has 0 aliphatic rings. The molecule has 0 aliphatic heterocycles. The first-order valence-corrected chi connectivity index (χ1v) is 9.81. The van der Waals surface area contributed by atoms with Crippen molar-refractivity contribution in [2.45, 2.75) is 10.1 Å². The summed E-state index contributed by atoms with van der Waals surface area (Å²) in [6, 6.07) is 17.1. The third kappa shape index (κ3) is 4.21. The first-order chi connectivity index (χ1) is 12.8. The van der Waals surface area contributed by atoms with Gasteiger partial charge in [0.15, 0.2) is 4.34 Å². The van der Waals surface area contributed by atoms with E-state index in [1.54, 1.807) is 0 Å². The first kappa shape index (κ1) is 17.0. The third-order valence-corrected chi connectivity index (χ3v) is 5.48. The van der Waals surface area contributed by atoms with Gasteiger partial charge >= 0.3 is 0 Å². The molecule has 6 nitrogen and oxygen atoms in total. The Morgan fingerprint density at radius 1 is 1.00 bits per heavy atom. The van der Waals surface area contributed by atoms with E-state index in [-0.39, 0.29) is 0 Å². The largest absolute Gasteiger partial charge is 0.420 e. The summed E-state index contributed by atoms with van der Waals surface area (Å²) in [7, 11) is 0. The van der Waals surface area contributed by atoms with E-state index in [0.29, 0.717) is 27.7 Å². The number of halogens is 1. The topological polar surface area (TPSA) is 76.7 Å². The van der Waals surface area contributed by atoms with Crippen molar-refractivity contribution in [1.82, 2.24) is 20.4 Å². The van der Waals surface area contributed by atoms with Crippen LogP contribution in [0.2, 0.25) is 5.02 Å². The predicted molar refractivity (Wildman–Crippen MR) is 104 cm³/mol. The Balaban J connectivity index is 1.37. The third-order valence-electron chi connectivity index (χ3n) is 3.29. The first-order valence-electron chi connectivity index (χ1n) is 7.63. The van der Waals surface area contributed by atoms with Crippen molar-refractivity contribution in [1.29, 1.82) is 0 Å². The molecule has 0 saturated carbocycles. The second-order valence-corrected chi connectivity index (χ2v) is 7.80. The number of benzene rings is 2. The highest BCUT2D eigenvalue weighted by molar-refractivity contribution is 8.00. The summed E-state index contributed by atoms with van der Waals surface area (Å²) in [5, 5.41) is 21.0. The molecule has 0 amide bonds. The van der Waals surface area contributed by atoms with Gasteiger partial charge in [0.1, 0.15) is 0 Å². The van der Waals surface area contributed by atoms with E-state index < -0.39 is 0 Å². The van der Waals surface area contributed by atoms with Crippen LogP contribution in [0.15, 0.2) is 63.4 Å². The van der Waals surface area contributed by atoms with Crippen LogP contribution in [-0.4, -0.2) is 20.4 Å². The van der Waals surface area contributed by atoms with Gasteiger partial charge in [0.25, 0.3) is 0 Å². The lowest BCUT2D eigenvalue weighted by Crippen LogP contribution is -1.88. The summed E-state index contributed by atoms with van der Waals surface area (Å²) < 4.78 is 6.50. The number of hydrogen-bond acceptors (Lipinski definition) is 8. The van der Waals surface area contributed by atoms with Crippen LogP contribution in [0, 0.1) is 0 Å². The summed E-state index contributed by atoms with van der Waals surface area (Å²) >= 11 is 8.93. The maximum atomic E-state index is 5.98. The van der Waals surface area contributed by atoms with Crippen LogP contribution in [0.1, 0.15) is 5.89 Å². The smallest absolute Gasteiger partial charge is 0.247 e. The number of aromatic nitrogens is 4. The zero-order chi connectivity index (χ0) is 17.8. The van der Waals surface area contributed by atoms with Crippen LogP contribution in [0.3, 0.4) is 0 Å². The summed E-state index contributed by atoms with van der Waals surface area (Å²) in [5.41, 5.74) is 1.77. The maximum absolute atomic E-state index is 5.98. The van der Waals surface area contributed by atoms with Crippen LogP contribution in [0.5, 0.6) is 0 Å². The highest BCUT2D eigenvalue weighted by Crippen LogP contribution is 2.30.